The summed E-state index contributed by atoms with van der Waals surface area (Å²) < 4.78 is 10.7. The van der Waals surface area contributed by atoms with Crippen molar-refractivity contribution >= 4 is 5.91 Å². The van der Waals surface area contributed by atoms with E-state index in [4.69, 9.17) is 9.47 Å². The van der Waals surface area contributed by atoms with E-state index in [1.807, 2.05) is 31.2 Å². The van der Waals surface area contributed by atoms with Crippen molar-refractivity contribution < 1.29 is 14.3 Å². The summed E-state index contributed by atoms with van der Waals surface area (Å²) in [5.41, 5.74) is 1.03. The molecule has 2 atom stereocenters. The van der Waals surface area contributed by atoms with Crippen LogP contribution in [0.2, 0.25) is 0 Å². The van der Waals surface area contributed by atoms with E-state index in [1.54, 1.807) is 7.11 Å². The quantitative estimate of drug-likeness (QED) is 0.851. The molecule has 1 aliphatic heterocycles. The number of hydrogen-bond acceptors (Lipinski definition) is 4. The molecule has 1 aromatic rings. The number of amides is 1. The molecule has 5 heteroatoms. The third-order valence-electron chi connectivity index (χ3n) is 3.39. The van der Waals surface area contributed by atoms with Crippen LogP contribution in [-0.2, 0) is 9.53 Å². The molecule has 1 aromatic carbocycles. The molecule has 1 heterocycles. The molecule has 0 radical (unpaired) electrons. The smallest absolute Gasteiger partial charge is 0.223 e. The SMILES string of the molecule is COc1cccc([C@H](C)NC(=O)CC2CNCCO2)c1. The minimum absolute atomic E-state index is 0.00835. The zero-order valence-corrected chi connectivity index (χ0v) is 12.0. The van der Waals surface area contributed by atoms with Crippen LogP contribution in [0.3, 0.4) is 0 Å². The number of methoxy groups -OCH3 is 1. The molecule has 1 saturated heterocycles. The van der Waals surface area contributed by atoms with Gasteiger partial charge in [-0.15, -0.1) is 0 Å². The molecule has 5 nitrogen and oxygen atoms in total. The Bertz CT molecular complexity index is 444. The highest BCUT2D eigenvalue weighted by molar-refractivity contribution is 5.77. The molecule has 2 rings (SSSR count). The highest BCUT2D eigenvalue weighted by Gasteiger charge is 2.18. The van der Waals surface area contributed by atoms with Crippen molar-refractivity contribution in [2.75, 3.05) is 26.8 Å². The zero-order valence-electron chi connectivity index (χ0n) is 12.0. The number of benzene rings is 1. The standard InChI is InChI=1S/C15H22N2O3/c1-11(12-4-3-5-13(8-12)19-2)17-15(18)9-14-10-16-6-7-20-14/h3-5,8,11,14,16H,6-7,9-10H2,1-2H3,(H,17,18)/t11-,14?/m0/s1. The lowest BCUT2D eigenvalue weighted by Gasteiger charge is -2.24. The maximum absolute atomic E-state index is 12.0. The summed E-state index contributed by atoms with van der Waals surface area (Å²) in [6, 6.07) is 7.68. The molecule has 110 valence electrons. The highest BCUT2D eigenvalue weighted by atomic mass is 16.5. The summed E-state index contributed by atoms with van der Waals surface area (Å²) >= 11 is 0. The van der Waals surface area contributed by atoms with Crippen LogP contribution in [0.15, 0.2) is 24.3 Å². The van der Waals surface area contributed by atoms with E-state index in [0.29, 0.717) is 13.0 Å². The van der Waals surface area contributed by atoms with Gasteiger partial charge in [0.1, 0.15) is 5.75 Å². The van der Waals surface area contributed by atoms with Gasteiger partial charge < -0.3 is 20.1 Å². The molecular weight excluding hydrogens is 256 g/mol. The molecule has 1 amide bonds. The Morgan fingerprint density at radius 3 is 3.15 bits per heavy atom. The second kappa shape index (κ2) is 7.26. The van der Waals surface area contributed by atoms with Crippen molar-refractivity contribution in [3.8, 4) is 5.75 Å². The van der Waals surface area contributed by atoms with Crippen LogP contribution in [0.1, 0.15) is 24.9 Å². The van der Waals surface area contributed by atoms with Gasteiger partial charge in [-0.2, -0.15) is 0 Å². The maximum atomic E-state index is 12.0. The first kappa shape index (κ1) is 14.8. The number of nitrogens with one attached hydrogen (secondary N) is 2. The minimum atomic E-state index is -0.0471. The Morgan fingerprint density at radius 2 is 2.45 bits per heavy atom. The third-order valence-corrected chi connectivity index (χ3v) is 3.39. The maximum Gasteiger partial charge on any atom is 0.223 e. The van der Waals surface area contributed by atoms with Crippen LogP contribution in [0.5, 0.6) is 5.75 Å². The molecule has 1 unspecified atom stereocenters. The largest absolute Gasteiger partial charge is 0.497 e. The number of carbonyl (C=O) groups excluding carboxylic acids is 1. The van der Waals surface area contributed by atoms with Gasteiger partial charge in [0, 0.05) is 13.1 Å². The van der Waals surface area contributed by atoms with Crippen molar-refractivity contribution in [1.29, 1.82) is 0 Å². The molecule has 0 saturated carbocycles. The van der Waals surface area contributed by atoms with Crippen LogP contribution in [-0.4, -0.2) is 38.8 Å². The predicted octanol–water partition coefficient (Wildman–Crippen LogP) is 1.25. The Morgan fingerprint density at radius 1 is 1.60 bits per heavy atom. The Labute approximate surface area is 119 Å². The van der Waals surface area contributed by atoms with Gasteiger partial charge in [-0.05, 0) is 24.6 Å². The fourth-order valence-electron chi connectivity index (χ4n) is 2.25. The number of rotatable bonds is 5. The van der Waals surface area contributed by atoms with Crippen molar-refractivity contribution in [3.63, 3.8) is 0 Å². The average molecular weight is 278 g/mol. The van der Waals surface area contributed by atoms with E-state index in [2.05, 4.69) is 10.6 Å². The first-order chi connectivity index (χ1) is 9.69. The molecule has 20 heavy (non-hydrogen) atoms. The topological polar surface area (TPSA) is 59.6 Å². The summed E-state index contributed by atoms with van der Waals surface area (Å²) in [5, 5.41) is 6.21. The van der Waals surface area contributed by atoms with Crippen LogP contribution >= 0.6 is 0 Å². The van der Waals surface area contributed by atoms with E-state index in [9.17, 15) is 4.79 Å². The lowest BCUT2D eigenvalue weighted by molar-refractivity contribution is -0.125. The first-order valence-corrected chi connectivity index (χ1v) is 6.94. The second-order valence-electron chi connectivity index (χ2n) is 4.97. The number of carbonyl (C=O) groups is 1. The predicted molar refractivity (Wildman–Crippen MR) is 76.8 cm³/mol. The number of morpholine rings is 1. The molecule has 0 spiro atoms. The van der Waals surface area contributed by atoms with Crippen LogP contribution in [0, 0.1) is 0 Å². The van der Waals surface area contributed by atoms with E-state index < -0.39 is 0 Å². The van der Waals surface area contributed by atoms with Crippen LogP contribution < -0.4 is 15.4 Å². The molecular formula is C15H22N2O3. The molecule has 1 fully saturated rings. The fraction of sp³-hybridized carbons (Fsp3) is 0.533. The molecule has 0 aliphatic carbocycles. The lowest BCUT2D eigenvalue weighted by atomic mass is 10.1. The Kier molecular flexibility index (Phi) is 5.38. The summed E-state index contributed by atoms with van der Waals surface area (Å²) in [6.07, 6.45) is 0.364. The van der Waals surface area contributed by atoms with Crippen molar-refractivity contribution in [1.82, 2.24) is 10.6 Å². The van der Waals surface area contributed by atoms with Gasteiger partial charge in [0.15, 0.2) is 0 Å². The summed E-state index contributed by atoms with van der Waals surface area (Å²) in [7, 11) is 1.63. The third kappa shape index (κ3) is 4.21. The first-order valence-electron chi connectivity index (χ1n) is 6.94. The minimum Gasteiger partial charge on any atom is -0.497 e. The van der Waals surface area contributed by atoms with Crippen molar-refractivity contribution in [2.45, 2.75) is 25.5 Å². The van der Waals surface area contributed by atoms with Gasteiger partial charge >= 0.3 is 0 Å². The average Bonchev–Trinajstić information content (AvgIpc) is 2.48. The van der Waals surface area contributed by atoms with Crippen molar-refractivity contribution in [2.24, 2.45) is 0 Å². The molecule has 0 aromatic heterocycles. The summed E-state index contributed by atoms with van der Waals surface area (Å²) in [4.78, 5) is 12.0. The zero-order chi connectivity index (χ0) is 14.4. The molecule has 0 bridgehead atoms. The van der Waals surface area contributed by atoms with Gasteiger partial charge in [0.25, 0.3) is 0 Å². The highest BCUT2D eigenvalue weighted by Crippen LogP contribution is 2.18. The lowest BCUT2D eigenvalue weighted by Crippen LogP contribution is -2.41. The normalized spacial score (nSPS) is 20.2. The molecule has 1 aliphatic rings. The number of hydrogen-bond donors (Lipinski definition) is 2. The van der Waals surface area contributed by atoms with Crippen molar-refractivity contribution in [3.05, 3.63) is 29.8 Å². The van der Waals surface area contributed by atoms with E-state index in [1.165, 1.54) is 0 Å². The van der Waals surface area contributed by atoms with Gasteiger partial charge in [0.2, 0.25) is 5.91 Å². The summed E-state index contributed by atoms with van der Waals surface area (Å²) in [6.45, 7) is 4.23. The van der Waals surface area contributed by atoms with Crippen LogP contribution in [0.25, 0.3) is 0 Å². The van der Waals surface area contributed by atoms with Crippen LogP contribution in [0.4, 0.5) is 0 Å². The second-order valence-corrected chi connectivity index (χ2v) is 4.97. The Balaban J connectivity index is 1.86. The van der Waals surface area contributed by atoms with E-state index in [-0.39, 0.29) is 18.1 Å². The van der Waals surface area contributed by atoms with E-state index in [0.717, 1.165) is 24.4 Å². The monoisotopic (exact) mass is 278 g/mol. The van der Waals surface area contributed by atoms with Gasteiger partial charge in [-0.1, -0.05) is 12.1 Å². The number of ether oxygens (including phenoxy) is 2. The van der Waals surface area contributed by atoms with Gasteiger partial charge in [0.05, 0.1) is 32.3 Å². The molecule has 2 N–H and O–H groups in total. The van der Waals surface area contributed by atoms with E-state index >= 15 is 0 Å². The summed E-state index contributed by atoms with van der Waals surface area (Å²) in [5.74, 6) is 0.803. The Hall–Kier alpha value is -1.59. The van der Waals surface area contributed by atoms with Gasteiger partial charge in [-0.3, -0.25) is 4.79 Å². The van der Waals surface area contributed by atoms with Gasteiger partial charge in [-0.25, -0.2) is 0 Å². The fourth-order valence-corrected chi connectivity index (χ4v) is 2.25.